The number of aliphatic hydroxyl groups is 1. The number of pyridine rings is 1. The first kappa shape index (κ1) is 25.8. The number of fused-ring (bicyclic) bond motifs is 2. The number of nitrogens with one attached hydrogen (secondary N) is 1. The Labute approximate surface area is 218 Å². The standard InChI is InChI=1S/C27H25ClF2N2O4S/c1-27(34)16-2-3-17(27)11-19(10-16)37(35,36)25-14-21(20(13-22(25)28)15-6-8-31-9-7-15)26(33)32-18-4-5-23(29)24(30)12-18/h4-9,12-14,16-17,19,34H,2-3,10-11H2,1H3,(H,32,33). The number of benzene rings is 2. The number of halogens is 3. The Kier molecular flexibility index (Phi) is 6.58. The van der Waals surface area contributed by atoms with Crippen LogP contribution in [-0.2, 0) is 9.84 Å². The van der Waals surface area contributed by atoms with Crippen molar-refractivity contribution in [3.8, 4) is 11.1 Å². The summed E-state index contributed by atoms with van der Waals surface area (Å²) >= 11 is 6.54. The molecule has 2 aliphatic carbocycles. The Morgan fingerprint density at radius 3 is 2.32 bits per heavy atom. The number of nitrogens with zero attached hydrogens (tertiary/aromatic N) is 1. The number of hydrogen-bond acceptors (Lipinski definition) is 5. The fourth-order valence-electron chi connectivity index (χ4n) is 5.70. The van der Waals surface area contributed by atoms with E-state index in [1.165, 1.54) is 30.6 Å². The molecule has 194 valence electrons. The van der Waals surface area contributed by atoms with Crippen molar-refractivity contribution in [2.75, 3.05) is 5.32 Å². The van der Waals surface area contributed by atoms with E-state index < -0.39 is 38.2 Å². The van der Waals surface area contributed by atoms with Crippen molar-refractivity contribution in [3.63, 3.8) is 0 Å². The molecule has 10 heteroatoms. The van der Waals surface area contributed by atoms with Gasteiger partial charge in [-0.15, -0.1) is 0 Å². The summed E-state index contributed by atoms with van der Waals surface area (Å²) in [5.74, 6) is -3.16. The minimum Gasteiger partial charge on any atom is -0.390 e. The van der Waals surface area contributed by atoms with E-state index in [9.17, 15) is 27.1 Å². The first-order valence-electron chi connectivity index (χ1n) is 11.9. The molecule has 0 saturated heterocycles. The number of amides is 1. The molecule has 3 aromatic rings. The molecule has 0 spiro atoms. The number of aromatic nitrogens is 1. The van der Waals surface area contributed by atoms with Crippen LogP contribution in [0.2, 0.25) is 5.02 Å². The van der Waals surface area contributed by atoms with Crippen molar-refractivity contribution in [1.29, 1.82) is 0 Å². The van der Waals surface area contributed by atoms with Crippen LogP contribution < -0.4 is 5.32 Å². The van der Waals surface area contributed by atoms with Crippen LogP contribution in [0.1, 0.15) is 43.0 Å². The first-order valence-corrected chi connectivity index (χ1v) is 13.9. The van der Waals surface area contributed by atoms with Crippen LogP contribution in [0.5, 0.6) is 0 Å². The van der Waals surface area contributed by atoms with Crippen LogP contribution in [0.4, 0.5) is 14.5 Å². The van der Waals surface area contributed by atoms with E-state index in [4.69, 9.17) is 11.6 Å². The highest BCUT2D eigenvalue weighted by atomic mass is 35.5. The summed E-state index contributed by atoms with van der Waals surface area (Å²) in [5.41, 5.74) is 0.0528. The third-order valence-corrected chi connectivity index (χ3v) is 10.5. The lowest BCUT2D eigenvalue weighted by atomic mass is 9.76. The second-order valence-corrected chi connectivity index (χ2v) is 12.6. The summed E-state index contributed by atoms with van der Waals surface area (Å²) in [5, 5.41) is 12.6. The molecule has 2 aromatic carbocycles. The van der Waals surface area contributed by atoms with Gasteiger partial charge in [-0.1, -0.05) is 11.6 Å². The highest BCUT2D eigenvalue weighted by molar-refractivity contribution is 7.92. The third-order valence-electron chi connectivity index (χ3n) is 7.84. The zero-order valence-corrected chi connectivity index (χ0v) is 21.5. The van der Waals surface area contributed by atoms with Crippen molar-refractivity contribution >= 4 is 33.0 Å². The molecular formula is C27H25ClF2N2O4S. The number of carbonyl (C=O) groups excluding carboxylic acids is 1. The van der Waals surface area contributed by atoms with E-state index in [0.29, 0.717) is 24.0 Å². The predicted octanol–water partition coefficient (Wildman–Crippen LogP) is 5.65. The van der Waals surface area contributed by atoms with Crippen LogP contribution in [0, 0.1) is 23.5 Å². The van der Waals surface area contributed by atoms with E-state index in [-0.39, 0.29) is 33.0 Å². The van der Waals surface area contributed by atoms with Gasteiger partial charge in [0.2, 0.25) is 0 Å². The van der Waals surface area contributed by atoms with Gasteiger partial charge in [0.15, 0.2) is 21.5 Å². The van der Waals surface area contributed by atoms with E-state index >= 15 is 0 Å². The highest BCUT2D eigenvalue weighted by Gasteiger charge is 2.53. The zero-order valence-electron chi connectivity index (χ0n) is 19.9. The SMILES string of the molecule is CC1(O)C2CCC1CC(S(=O)(=O)c1cc(C(=O)Nc3ccc(F)c(F)c3)c(-c3ccncc3)cc1Cl)C2. The molecule has 2 saturated carbocycles. The van der Waals surface area contributed by atoms with Crippen molar-refractivity contribution in [3.05, 3.63) is 77.1 Å². The van der Waals surface area contributed by atoms with E-state index in [2.05, 4.69) is 10.3 Å². The summed E-state index contributed by atoms with van der Waals surface area (Å²) in [6.45, 7) is 1.77. The lowest BCUT2D eigenvalue weighted by Gasteiger charge is -2.40. The second kappa shape index (κ2) is 9.45. The van der Waals surface area contributed by atoms with Gasteiger partial charge in [0.05, 0.1) is 20.8 Å². The molecule has 1 aromatic heterocycles. The monoisotopic (exact) mass is 546 g/mol. The Balaban J connectivity index is 1.57. The predicted molar refractivity (Wildman–Crippen MR) is 136 cm³/mol. The molecule has 0 aliphatic heterocycles. The van der Waals surface area contributed by atoms with Crippen molar-refractivity contribution in [1.82, 2.24) is 4.98 Å². The largest absolute Gasteiger partial charge is 0.390 e. The molecule has 2 bridgehead atoms. The van der Waals surface area contributed by atoms with E-state index in [1.807, 2.05) is 0 Å². The summed E-state index contributed by atoms with van der Waals surface area (Å²) < 4.78 is 54.7. The molecule has 2 unspecified atom stereocenters. The normalized spacial score (nSPS) is 25.2. The van der Waals surface area contributed by atoms with Crippen LogP contribution in [0.3, 0.4) is 0 Å². The molecule has 0 radical (unpaired) electrons. The maximum Gasteiger partial charge on any atom is 0.256 e. The number of hydrogen-bond donors (Lipinski definition) is 2. The van der Waals surface area contributed by atoms with Gasteiger partial charge >= 0.3 is 0 Å². The average molecular weight is 547 g/mol. The molecule has 37 heavy (non-hydrogen) atoms. The van der Waals surface area contributed by atoms with Crippen LogP contribution >= 0.6 is 11.6 Å². The van der Waals surface area contributed by atoms with Gasteiger partial charge in [-0.2, -0.15) is 0 Å². The summed E-state index contributed by atoms with van der Waals surface area (Å²) in [6, 6.07) is 8.91. The zero-order chi connectivity index (χ0) is 26.5. The van der Waals surface area contributed by atoms with Crippen LogP contribution in [-0.4, -0.2) is 35.3 Å². The quantitative estimate of drug-likeness (QED) is 0.431. The minimum atomic E-state index is -3.95. The summed E-state index contributed by atoms with van der Waals surface area (Å²) in [7, 11) is -3.95. The molecule has 2 atom stereocenters. The first-order chi connectivity index (χ1) is 17.5. The van der Waals surface area contributed by atoms with Crippen molar-refractivity contribution in [2.45, 2.75) is 48.4 Å². The number of rotatable bonds is 5. The Morgan fingerprint density at radius 1 is 1.05 bits per heavy atom. The van der Waals surface area contributed by atoms with Crippen molar-refractivity contribution < 1.29 is 27.1 Å². The highest BCUT2D eigenvalue weighted by Crippen LogP contribution is 2.52. The molecule has 2 aliphatic rings. The molecule has 6 nitrogen and oxygen atoms in total. The molecule has 1 heterocycles. The van der Waals surface area contributed by atoms with Crippen LogP contribution in [0.15, 0.2) is 59.8 Å². The van der Waals surface area contributed by atoms with Gasteiger partial charge in [-0.25, -0.2) is 17.2 Å². The van der Waals surface area contributed by atoms with Crippen LogP contribution in [0.25, 0.3) is 11.1 Å². The number of anilines is 1. The van der Waals surface area contributed by atoms with Gasteiger partial charge in [-0.05, 0) is 92.0 Å². The molecule has 2 N–H and O–H groups in total. The summed E-state index contributed by atoms with van der Waals surface area (Å²) in [4.78, 5) is 17.2. The average Bonchev–Trinajstić information content (AvgIpc) is 3.02. The molecular weight excluding hydrogens is 522 g/mol. The Bertz CT molecular complexity index is 1470. The fraction of sp³-hybridized carbons (Fsp3) is 0.333. The maximum absolute atomic E-state index is 13.8. The second-order valence-electron chi connectivity index (χ2n) is 9.98. The topological polar surface area (TPSA) is 96.4 Å². The Morgan fingerprint density at radius 2 is 1.70 bits per heavy atom. The van der Waals surface area contributed by atoms with Gasteiger partial charge in [0.25, 0.3) is 5.91 Å². The lowest BCUT2D eigenvalue weighted by molar-refractivity contribution is -0.0413. The smallest absolute Gasteiger partial charge is 0.256 e. The number of sulfone groups is 1. The van der Waals surface area contributed by atoms with E-state index in [1.54, 1.807) is 19.1 Å². The minimum absolute atomic E-state index is 0.00434. The molecule has 2 fully saturated rings. The lowest BCUT2D eigenvalue weighted by Crippen LogP contribution is -2.45. The van der Waals surface area contributed by atoms with Gasteiger partial charge < -0.3 is 10.4 Å². The van der Waals surface area contributed by atoms with Crippen molar-refractivity contribution in [2.24, 2.45) is 11.8 Å². The van der Waals surface area contributed by atoms with Gasteiger partial charge in [0.1, 0.15) is 0 Å². The molecule has 1 amide bonds. The molecule has 5 rings (SSSR count). The van der Waals surface area contributed by atoms with Gasteiger partial charge in [-0.3, -0.25) is 9.78 Å². The number of carbonyl (C=O) groups is 1. The maximum atomic E-state index is 13.8. The Hall–Kier alpha value is -2.88. The van der Waals surface area contributed by atoms with E-state index in [0.717, 1.165) is 25.0 Å². The van der Waals surface area contributed by atoms with Gasteiger partial charge in [0, 0.05) is 29.7 Å². The summed E-state index contributed by atoms with van der Waals surface area (Å²) in [6.07, 6.45) is 5.19. The third kappa shape index (κ3) is 4.64. The fourth-order valence-corrected chi connectivity index (χ4v) is 8.13.